The van der Waals surface area contributed by atoms with Gasteiger partial charge in [0, 0.05) is 4.47 Å². The molecule has 1 heterocycles. The minimum atomic E-state index is -0.706. The lowest BCUT2D eigenvalue weighted by Gasteiger charge is -2.09. The van der Waals surface area contributed by atoms with Gasteiger partial charge >= 0.3 is 5.76 Å². The number of hydrogen-bond donors (Lipinski definition) is 0. The fourth-order valence-electron chi connectivity index (χ4n) is 2.39. The number of rotatable bonds is 2. The molecule has 2 aromatic carbocycles. The van der Waals surface area contributed by atoms with Gasteiger partial charge in [-0.15, -0.1) is 0 Å². The van der Waals surface area contributed by atoms with Crippen LogP contribution in [0.15, 0.2) is 59.3 Å². The average Bonchev–Trinajstić information content (AvgIpc) is 2.49. The first-order valence-corrected chi connectivity index (χ1v) is 8.62. The van der Waals surface area contributed by atoms with Crippen molar-refractivity contribution in [1.29, 1.82) is 0 Å². The molecule has 118 valence electrons. The van der Waals surface area contributed by atoms with Crippen molar-refractivity contribution in [3.8, 4) is 5.69 Å². The zero-order valence-corrected chi connectivity index (χ0v) is 15.6. The Morgan fingerprint density at radius 2 is 1.70 bits per heavy atom. The summed E-state index contributed by atoms with van der Waals surface area (Å²) in [7, 11) is 0. The molecule has 0 atom stereocenters. The third kappa shape index (κ3) is 2.93. The average molecular weight is 439 g/mol. The van der Waals surface area contributed by atoms with Gasteiger partial charge in [-0.2, -0.15) is 0 Å². The van der Waals surface area contributed by atoms with Gasteiger partial charge in [-0.3, -0.25) is 4.79 Å². The number of nitrogens with zero attached hydrogens (tertiary/aromatic N) is 1. The maximum absolute atomic E-state index is 12.7. The van der Waals surface area contributed by atoms with Gasteiger partial charge in [0.1, 0.15) is 0 Å². The lowest BCUT2D eigenvalue weighted by molar-refractivity contribution is 0.502. The highest BCUT2D eigenvalue weighted by atomic mass is 79.9. The molecule has 6 heteroatoms. The minimum absolute atomic E-state index is 0.248. The third-order valence-electron chi connectivity index (χ3n) is 3.63. The molecule has 0 fully saturated rings. The SMILES string of the molecule is CC(C)c1ccc(-n2c(=O)oc3c(Br)cc(Br)cc3c2=O)cc1. The minimum Gasteiger partial charge on any atom is -0.408 e. The van der Waals surface area contributed by atoms with Crippen molar-refractivity contribution in [3.63, 3.8) is 0 Å². The molecular weight excluding hydrogens is 426 g/mol. The van der Waals surface area contributed by atoms with Gasteiger partial charge in [-0.05, 0) is 51.7 Å². The van der Waals surface area contributed by atoms with Crippen LogP contribution in [0.4, 0.5) is 0 Å². The molecule has 0 bridgehead atoms. The molecule has 0 aliphatic rings. The summed E-state index contributed by atoms with van der Waals surface area (Å²) in [4.78, 5) is 25.0. The molecule has 1 aromatic heterocycles. The van der Waals surface area contributed by atoms with Crippen LogP contribution in [0.2, 0.25) is 0 Å². The Morgan fingerprint density at radius 3 is 2.30 bits per heavy atom. The first kappa shape index (κ1) is 16.2. The molecule has 3 aromatic rings. The molecule has 0 spiro atoms. The maximum atomic E-state index is 12.7. The van der Waals surface area contributed by atoms with Crippen LogP contribution < -0.4 is 11.3 Å². The highest BCUT2D eigenvalue weighted by Gasteiger charge is 2.14. The van der Waals surface area contributed by atoms with Gasteiger partial charge in [-0.25, -0.2) is 9.36 Å². The molecule has 0 unspecified atom stereocenters. The number of hydrogen-bond acceptors (Lipinski definition) is 3. The van der Waals surface area contributed by atoms with Crippen molar-refractivity contribution in [2.75, 3.05) is 0 Å². The summed E-state index contributed by atoms with van der Waals surface area (Å²) >= 11 is 6.66. The van der Waals surface area contributed by atoms with E-state index in [1.165, 1.54) is 0 Å². The van der Waals surface area contributed by atoms with Gasteiger partial charge in [0.05, 0.1) is 15.5 Å². The van der Waals surface area contributed by atoms with E-state index in [1.807, 2.05) is 12.1 Å². The fraction of sp³-hybridized carbons (Fsp3) is 0.176. The van der Waals surface area contributed by atoms with Crippen LogP contribution in [-0.4, -0.2) is 4.57 Å². The van der Waals surface area contributed by atoms with Crippen LogP contribution in [0.1, 0.15) is 25.3 Å². The Balaban J connectivity index is 2.30. The van der Waals surface area contributed by atoms with Crippen molar-refractivity contribution in [2.24, 2.45) is 0 Å². The topological polar surface area (TPSA) is 52.2 Å². The number of benzene rings is 2. The first-order chi connectivity index (χ1) is 10.9. The predicted molar refractivity (Wildman–Crippen MR) is 97.6 cm³/mol. The van der Waals surface area contributed by atoms with Crippen LogP contribution in [0.3, 0.4) is 0 Å². The van der Waals surface area contributed by atoms with Crippen LogP contribution in [0, 0.1) is 0 Å². The molecular formula is C17H13Br2NO3. The molecule has 23 heavy (non-hydrogen) atoms. The van der Waals surface area contributed by atoms with E-state index in [4.69, 9.17) is 4.42 Å². The van der Waals surface area contributed by atoms with E-state index in [2.05, 4.69) is 45.7 Å². The summed E-state index contributed by atoms with van der Waals surface area (Å²) in [6.07, 6.45) is 0. The summed E-state index contributed by atoms with van der Waals surface area (Å²) in [6, 6.07) is 10.7. The Bertz CT molecular complexity index is 1000. The summed E-state index contributed by atoms with van der Waals surface area (Å²) in [6.45, 7) is 4.17. The maximum Gasteiger partial charge on any atom is 0.427 e. The van der Waals surface area contributed by atoms with Gasteiger partial charge in [0.2, 0.25) is 0 Å². The van der Waals surface area contributed by atoms with Crippen molar-refractivity contribution in [3.05, 3.63) is 71.8 Å². The second kappa shape index (κ2) is 6.09. The van der Waals surface area contributed by atoms with Gasteiger partial charge < -0.3 is 4.42 Å². The monoisotopic (exact) mass is 437 g/mol. The summed E-state index contributed by atoms with van der Waals surface area (Å²) < 4.78 is 7.66. The van der Waals surface area contributed by atoms with Gasteiger partial charge in [-0.1, -0.05) is 41.9 Å². The lowest BCUT2D eigenvalue weighted by atomic mass is 10.0. The first-order valence-electron chi connectivity index (χ1n) is 7.03. The van der Waals surface area contributed by atoms with E-state index < -0.39 is 11.3 Å². The zero-order valence-electron chi connectivity index (χ0n) is 12.5. The normalized spacial score (nSPS) is 11.3. The summed E-state index contributed by atoms with van der Waals surface area (Å²) in [5, 5.41) is 0.332. The van der Waals surface area contributed by atoms with Crippen molar-refractivity contribution < 1.29 is 4.42 Å². The second-order valence-electron chi connectivity index (χ2n) is 5.52. The Hall–Kier alpha value is -1.66. The number of aromatic nitrogens is 1. The molecule has 3 rings (SSSR count). The molecule has 0 aliphatic heterocycles. The van der Waals surface area contributed by atoms with Crippen LogP contribution in [0.5, 0.6) is 0 Å². The lowest BCUT2D eigenvalue weighted by Crippen LogP contribution is -2.31. The Labute approximate surface area is 149 Å². The van der Waals surface area contributed by atoms with Crippen LogP contribution >= 0.6 is 31.9 Å². The number of halogens is 2. The quantitative estimate of drug-likeness (QED) is 0.587. The van der Waals surface area contributed by atoms with E-state index in [0.29, 0.717) is 21.5 Å². The molecule has 0 saturated carbocycles. The highest BCUT2D eigenvalue weighted by molar-refractivity contribution is 9.11. The van der Waals surface area contributed by atoms with Gasteiger partial charge in [0.15, 0.2) is 5.58 Å². The summed E-state index contributed by atoms with van der Waals surface area (Å²) in [5.74, 6) is -0.330. The Morgan fingerprint density at radius 1 is 1.04 bits per heavy atom. The third-order valence-corrected chi connectivity index (χ3v) is 4.68. The zero-order chi connectivity index (χ0) is 16.7. The molecule has 0 N–H and O–H groups in total. The molecule has 0 amide bonds. The predicted octanol–water partition coefficient (Wildman–Crippen LogP) is 4.59. The second-order valence-corrected chi connectivity index (χ2v) is 7.29. The fourth-order valence-corrected chi connectivity index (χ4v) is 3.70. The van der Waals surface area contributed by atoms with Crippen LogP contribution in [-0.2, 0) is 0 Å². The van der Waals surface area contributed by atoms with E-state index in [-0.39, 0.29) is 5.58 Å². The summed E-state index contributed by atoms with van der Waals surface area (Å²) in [5.41, 5.74) is 1.47. The van der Waals surface area contributed by atoms with Crippen LogP contribution in [0.25, 0.3) is 16.7 Å². The Kier molecular flexibility index (Phi) is 4.29. The molecule has 0 radical (unpaired) electrons. The van der Waals surface area contributed by atoms with Crippen molar-refractivity contribution >= 4 is 42.8 Å². The smallest absolute Gasteiger partial charge is 0.408 e. The standard InChI is InChI=1S/C17H13Br2NO3/c1-9(2)10-3-5-12(6-4-10)20-16(21)13-7-11(18)8-14(19)15(13)23-17(20)22/h3-9H,1-2H3. The van der Waals surface area contributed by atoms with Gasteiger partial charge in [0.25, 0.3) is 5.56 Å². The molecule has 0 aliphatic carbocycles. The van der Waals surface area contributed by atoms with Crippen molar-refractivity contribution in [1.82, 2.24) is 4.57 Å². The van der Waals surface area contributed by atoms with E-state index in [1.54, 1.807) is 24.3 Å². The molecule has 0 saturated heterocycles. The number of fused-ring (bicyclic) bond motifs is 1. The van der Waals surface area contributed by atoms with Crippen molar-refractivity contribution in [2.45, 2.75) is 19.8 Å². The highest BCUT2D eigenvalue weighted by Crippen LogP contribution is 2.26. The van der Waals surface area contributed by atoms with E-state index >= 15 is 0 Å². The van der Waals surface area contributed by atoms with E-state index in [9.17, 15) is 9.59 Å². The molecule has 4 nitrogen and oxygen atoms in total. The largest absolute Gasteiger partial charge is 0.427 e. The van der Waals surface area contributed by atoms with E-state index in [0.717, 1.165) is 14.6 Å².